The molecule has 21 heavy (non-hydrogen) atoms. The third kappa shape index (κ3) is 2.38. The van der Waals surface area contributed by atoms with Gasteiger partial charge in [0.15, 0.2) is 6.10 Å². The van der Waals surface area contributed by atoms with Gasteiger partial charge in [0.05, 0.1) is 18.7 Å². The lowest BCUT2D eigenvalue weighted by molar-refractivity contribution is -0.154. The summed E-state index contributed by atoms with van der Waals surface area (Å²) in [5.41, 5.74) is 2.30. The van der Waals surface area contributed by atoms with Gasteiger partial charge in [-0.25, -0.2) is 4.79 Å². The Morgan fingerprint density at radius 2 is 2.14 bits per heavy atom. The van der Waals surface area contributed by atoms with E-state index in [2.05, 4.69) is 4.98 Å². The number of carboxylic acid groups (broad SMARTS) is 1. The molecule has 1 amide bonds. The van der Waals surface area contributed by atoms with Crippen molar-refractivity contribution >= 4 is 22.8 Å². The van der Waals surface area contributed by atoms with Crippen LogP contribution in [0.5, 0.6) is 0 Å². The maximum atomic E-state index is 12.7. The molecule has 2 aromatic rings. The van der Waals surface area contributed by atoms with Crippen molar-refractivity contribution in [3.63, 3.8) is 0 Å². The summed E-state index contributed by atoms with van der Waals surface area (Å²) in [6.07, 6.45) is -0.951. The van der Waals surface area contributed by atoms with Crippen molar-refractivity contribution in [3.8, 4) is 0 Å². The summed E-state index contributed by atoms with van der Waals surface area (Å²) in [6.45, 7) is 2.57. The molecule has 2 N–H and O–H groups in total. The van der Waals surface area contributed by atoms with Crippen LogP contribution in [0.4, 0.5) is 0 Å². The van der Waals surface area contributed by atoms with E-state index in [-0.39, 0.29) is 19.1 Å². The van der Waals surface area contributed by atoms with Crippen molar-refractivity contribution in [3.05, 3.63) is 35.5 Å². The Labute approximate surface area is 121 Å². The minimum absolute atomic E-state index is 0.0765. The average Bonchev–Trinajstić information content (AvgIpc) is 2.82. The molecule has 1 atom stereocenters. The zero-order valence-corrected chi connectivity index (χ0v) is 11.6. The molecule has 6 heteroatoms. The smallest absolute Gasteiger partial charge is 0.334 e. The molecule has 0 aliphatic carbocycles. The lowest BCUT2D eigenvalue weighted by atomic mass is 10.1. The first-order valence-corrected chi connectivity index (χ1v) is 6.79. The summed E-state index contributed by atoms with van der Waals surface area (Å²) in [5, 5.41) is 9.89. The number of hydrogen-bond acceptors (Lipinski definition) is 3. The molecular formula is C15H16N2O4. The van der Waals surface area contributed by atoms with Crippen molar-refractivity contribution in [1.29, 1.82) is 0 Å². The van der Waals surface area contributed by atoms with Gasteiger partial charge in [-0.15, -0.1) is 0 Å². The molecule has 1 aliphatic heterocycles. The number of H-pyrrole nitrogens is 1. The van der Waals surface area contributed by atoms with Crippen molar-refractivity contribution in [2.24, 2.45) is 0 Å². The molecule has 0 spiro atoms. The van der Waals surface area contributed by atoms with Crippen LogP contribution < -0.4 is 0 Å². The van der Waals surface area contributed by atoms with Gasteiger partial charge in [0.25, 0.3) is 5.91 Å². The number of amides is 1. The summed E-state index contributed by atoms with van der Waals surface area (Å²) >= 11 is 0. The molecule has 1 aromatic carbocycles. The highest BCUT2D eigenvalue weighted by Gasteiger charge is 2.31. The van der Waals surface area contributed by atoms with Gasteiger partial charge < -0.3 is 19.7 Å². The normalized spacial score (nSPS) is 18.9. The maximum Gasteiger partial charge on any atom is 0.334 e. The molecule has 0 bridgehead atoms. The van der Waals surface area contributed by atoms with E-state index < -0.39 is 12.1 Å². The van der Waals surface area contributed by atoms with Crippen LogP contribution in [0.25, 0.3) is 10.9 Å². The fourth-order valence-electron chi connectivity index (χ4n) is 2.69. The van der Waals surface area contributed by atoms with Gasteiger partial charge in [-0.3, -0.25) is 4.79 Å². The number of fused-ring (bicyclic) bond motifs is 1. The van der Waals surface area contributed by atoms with E-state index >= 15 is 0 Å². The zero-order chi connectivity index (χ0) is 15.0. The molecule has 6 nitrogen and oxygen atoms in total. The number of hydrogen-bond donors (Lipinski definition) is 2. The number of ether oxygens (including phenoxy) is 1. The summed E-state index contributed by atoms with van der Waals surface area (Å²) < 4.78 is 5.15. The second-order valence-corrected chi connectivity index (χ2v) is 5.12. The summed E-state index contributed by atoms with van der Waals surface area (Å²) in [5.74, 6) is -1.19. The van der Waals surface area contributed by atoms with Crippen molar-refractivity contribution < 1.29 is 19.4 Å². The number of aromatic nitrogens is 1. The molecule has 0 saturated carbocycles. The fourth-order valence-corrected chi connectivity index (χ4v) is 2.69. The van der Waals surface area contributed by atoms with Gasteiger partial charge in [0, 0.05) is 23.1 Å². The molecule has 0 unspecified atom stereocenters. The van der Waals surface area contributed by atoms with Gasteiger partial charge in [0.2, 0.25) is 0 Å². The highest BCUT2D eigenvalue weighted by atomic mass is 16.5. The second-order valence-electron chi connectivity index (χ2n) is 5.12. The van der Waals surface area contributed by atoms with E-state index in [1.807, 2.05) is 31.2 Å². The summed E-state index contributed by atoms with van der Waals surface area (Å²) in [7, 11) is 0. The number of nitrogens with one attached hydrogen (secondary N) is 1. The third-order valence-corrected chi connectivity index (χ3v) is 3.74. The number of benzene rings is 1. The minimum atomic E-state index is -1.04. The Hall–Kier alpha value is -2.34. The largest absolute Gasteiger partial charge is 0.479 e. The molecule has 2 heterocycles. The van der Waals surface area contributed by atoms with Crippen LogP contribution in [0.2, 0.25) is 0 Å². The van der Waals surface area contributed by atoms with Gasteiger partial charge in [-0.2, -0.15) is 0 Å². The number of carboxylic acids is 1. The average molecular weight is 288 g/mol. The molecule has 1 aliphatic rings. The predicted octanol–water partition coefficient (Wildman–Crippen LogP) is 1.40. The maximum absolute atomic E-state index is 12.7. The minimum Gasteiger partial charge on any atom is -0.479 e. The molecule has 0 radical (unpaired) electrons. The number of para-hydroxylation sites is 1. The Balaban J connectivity index is 1.93. The second kappa shape index (κ2) is 5.21. The molecule has 1 saturated heterocycles. The number of rotatable bonds is 2. The number of aryl methyl sites for hydroxylation is 1. The lowest BCUT2D eigenvalue weighted by Crippen LogP contribution is -2.48. The first kappa shape index (κ1) is 13.6. The Morgan fingerprint density at radius 3 is 2.90 bits per heavy atom. The number of carbonyl (C=O) groups is 2. The van der Waals surface area contributed by atoms with Crippen LogP contribution in [0, 0.1) is 6.92 Å². The van der Waals surface area contributed by atoms with Gasteiger partial charge >= 0.3 is 5.97 Å². The van der Waals surface area contributed by atoms with Crippen LogP contribution >= 0.6 is 0 Å². The molecule has 3 rings (SSSR count). The fraction of sp³-hybridized carbons (Fsp3) is 0.333. The molecule has 110 valence electrons. The third-order valence-electron chi connectivity index (χ3n) is 3.74. The highest BCUT2D eigenvalue weighted by Crippen LogP contribution is 2.24. The molecule has 1 aromatic heterocycles. The van der Waals surface area contributed by atoms with E-state index in [1.54, 1.807) is 4.90 Å². The van der Waals surface area contributed by atoms with E-state index in [4.69, 9.17) is 9.84 Å². The van der Waals surface area contributed by atoms with Crippen molar-refractivity contribution in [2.75, 3.05) is 19.7 Å². The van der Waals surface area contributed by atoms with Gasteiger partial charge in [-0.05, 0) is 13.0 Å². The summed E-state index contributed by atoms with van der Waals surface area (Å²) in [4.78, 5) is 28.5. The number of aromatic amines is 1. The molecule has 1 fully saturated rings. The lowest BCUT2D eigenvalue weighted by Gasteiger charge is -2.31. The number of morpholine rings is 1. The van der Waals surface area contributed by atoms with Crippen LogP contribution in [0.1, 0.15) is 16.1 Å². The van der Waals surface area contributed by atoms with Gasteiger partial charge in [-0.1, -0.05) is 18.2 Å². The van der Waals surface area contributed by atoms with E-state index in [1.165, 1.54) is 0 Å². The first-order valence-electron chi connectivity index (χ1n) is 6.79. The van der Waals surface area contributed by atoms with Crippen LogP contribution in [-0.4, -0.2) is 52.7 Å². The Morgan fingerprint density at radius 1 is 1.38 bits per heavy atom. The predicted molar refractivity (Wildman–Crippen MR) is 76.3 cm³/mol. The van der Waals surface area contributed by atoms with Crippen molar-refractivity contribution in [1.82, 2.24) is 9.88 Å². The van der Waals surface area contributed by atoms with E-state index in [0.29, 0.717) is 12.1 Å². The number of aliphatic carboxylic acids is 1. The highest BCUT2D eigenvalue weighted by molar-refractivity contribution is 6.08. The van der Waals surface area contributed by atoms with Crippen LogP contribution in [0.3, 0.4) is 0 Å². The number of carbonyl (C=O) groups excluding carboxylic acids is 1. The SMILES string of the molecule is Cc1[nH]c2ccccc2c1C(=O)N1CCO[C@@H](C(=O)O)C1. The van der Waals surface area contributed by atoms with Crippen LogP contribution in [-0.2, 0) is 9.53 Å². The van der Waals surface area contributed by atoms with Gasteiger partial charge in [0.1, 0.15) is 0 Å². The van der Waals surface area contributed by atoms with E-state index in [9.17, 15) is 9.59 Å². The first-order chi connectivity index (χ1) is 10.1. The van der Waals surface area contributed by atoms with Crippen LogP contribution in [0.15, 0.2) is 24.3 Å². The number of nitrogens with zero attached hydrogens (tertiary/aromatic N) is 1. The van der Waals surface area contributed by atoms with E-state index in [0.717, 1.165) is 16.6 Å². The quantitative estimate of drug-likeness (QED) is 0.875. The standard InChI is InChI=1S/C15H16N2O4/c1-9-13(10-4-2-3-5-11(10)16-9)14(18)17-6-7-21-12(8-17)15(19)20/h2-5,12,16H,6-8H2,1H3,(H,19,20)/t12-/m1/s1. The van der Waals surface area contributed by atoms with Crippen molar-refractivity contribution in [2.45, 2.75) is 13.0 Å². The topological polar surface area (TPSA) is 82.6 Å². The summed E-state index contributed by atoms with van der Waals surface area (Å²) in [6, 6.07) is 7.59. The monoisotopic (exact) mass is 288 g/mol. The zero-order valence-electron chi connectivity index (χ0n) is 11.6. The Kier molecular flexibility index (Phi) is 3.39. The Bertz CT molecular complexity index is 707. The molecular weight excluding hydrogens is 272 g/mol.